The van der Waals surface area contributed by atoms with Crippen molar-refractivity contribution in [2.45, 2.75) is 50.2 Å². The van der Waals surface area contributed by atoms with E-state index in [0.717, 1.165) is 37.8 Å². The van der Waals surface area contributed by atoms with E-state index >= 15 is 0 Å². The molecule has 0 bridgehead atoms. The van der Waals surface area contributed by atoms with Gasteiger partial charge in [-0.2, -0.15) is 4.68 Å². The van der Waals surface area contributed by atoms with Gasteiger partial charge in [0, 0.05) is 6.04 Å². The summed E-state index contributed by atoms with van der Waals surface area (Å²) < 4.78 is 1.62. The Morgan fingerprint density at radius 3 is 2.66 bits per heavy atom. The predicted octanol–water partition coefficient (Wildman–Crippen LogP) is 3.63. The lowest BCUT2D eigenvalue weighted by molar-refractivity contribution is -0.113. The molecule has 4 rings (SSSR count). The zero-order valence-electron chi connectivity index (χ0n) is 18.0. The highest BCUT2D eigenvalue weighted by Crippen LogP contribution is 2.23. The van der Waals surface area contributed by atoms with E-state index in [-0.39, 0.29) is 23.6 Å². The molecule has 3 aromatic rings. The molecule has 0 radical (unpaired) electrons. The molecule has 9 heteroatoms. The summed E-state index contributed by atoms with van der Waals surface area (Å²) in [4.78, 5) is 25.0. The molecule has 0 aliphatic heterocycles. The fraction of sp³-hybridized carbons (Fsp3) is 0.348. The summed E-state index contributed by atoms with van der Waals surface area (Å²) in [5.41, 5.74) is 3.09. The number of aryl methyl sites for hydroxylation is 1. The van der Waals surface area contributed by atoms with Crippen molar-refractivity contribution in [2.75, 3.05) is 11.1 Å². The zero-order chi connectivity index (χ0) is 22.3. The van der Waals surface area contributed by atoms with Crippen molar-refractivity contribution < 1.29 is 9.59 Å². The quantitative estimate of drug-likeness (QED) is 0.458. The van der Waals surface area contributed by atoms with E-state index in [1.54, 1.807) is 28.9 Å². The Balaban J connectivity index is 1.36. The van der Waals surface area contributed by atoms with Crippen LogP contribution in [0.3, 0.4) is 0 Å². The number of hydrogen-bond donors (Lipinski definition) is 2. The molecule has 166 valence electrons. The van der Waals surface area contributed by atoms with Gasteiger partial charge in [-0.05, 0) is 65.9 Å². The van der Waals surface area contributed by atoms with E-state index in [4.69, 9.17) is 0 Å². The number of thioether (sulfide) groups is 1. The van der Waals surface area contributed by atoms with Crippen LogP contribution in [0.5, 0.6) is 0 Å². The number of rotatable bonds is 10. The minimum absolute atomic E-state index is 0.119. The van der Waals surface area contributed by atoms with Gasteiger partial charge in [0.1, 0.15) is 0 Å². The van der Waals surface area contributed by atoms with Gasteiger partial charge in [-0.1, -0.05) is 49.4 Å². The molecule has 2 aromatic carbocycles. The van der Waals surface area contributed by atoms with Crippen molar-refractivity contribution in [1.29, 1.82) is 0 Å². The monoisotopic (exact) mass is 450 g/mol. The molecule has 2 N–H and O–H groups in total. The van der Waals surface area contributed by atoms with Crippen LogP contribution in [0.2, 0.25) is 0 Å². The number of unbranched alkanes of at least 4 members (excludes halogenated alkanes) is 1. The van der Waals surface area contributed by atoms with Crippen molar-refractivity contribution in [3.63, 3.8) is 0 Å². The van der Waals surface area contributed by atoms with Crippen LogP contribution in [0.4, 0.5) is 5.69 Å². The average Bonchev–Trinajstić information content (AvgIpc) is 3.50. The van der Waals surface area contributed by atoms with Gasteiger partial charge in [0.05, 0.1) is 22.7 Å². The highest BCUT2D eigenvalue weighted by Gasteiger charge is 2.25. The van der Waals surface area contributed by atoms with Gasteiger partial charge in [-0.15, -0.1) is 5.10 Å². The molecule has 8 nitrogen and oxygen atoms in total. The van der Waals surface area contributed by atoms with Crippen molar-refractivity contribution >= 4 is 29.3 Å². The number of nitrogens with zero attached hydrogens (tertiary/aromatic N) is 4. The topological polar surface area (TPSA) is 102 Å². The second-order valence-electron chi connectivity index (χ2n) is 7.77. The molecule has 1 heterocycles. The van der Waals surface area contributed by atoms with Crippen LogP contribution in [0, 0.1) is 0 Å². The summed E-state index contributed by atoms with van der Waals surface area (Å²) in [7, 11) is 0. The van der Waals surface area contributed by atoms with E-state index in [1.807, 2.05) is 12.1 Å². The number of nitrogens with one attached hydrogen (secondary N) is 2. The molecule has 0 spiro atoms. The molecule has 1 aliphatic rings. The molecular weight excluding hydrogens is 424 g/mol. The number of aromatic nitrogens is 4. The lowest BCUT2D eigenvalue weighted by Crippen LogP contribution is -2.27. The largest absolute Gasteiger partial charge is 0.349 e. The number of hydrogen-bond acceptors (Lipinski definition) is 6. The first-order valence-corrected chi connectivity index (χ1v) is 11.8. The first-order valence-electron chi connectivity index (χ1n) is 10.8. The second kappa shape index (κ2) is 10.4. The second-order valence-corrected chi connectivity index (χ2v) is 8.72. The van der Waals surface area contributed by atoms with E-state index < -0.39 is 0 Å². The highest BCUT2D eigenvalue weighted by molar-refractivity contribution is 7.99. The van der Waals surface area contributed by atoms with E-state index in [1.165, 1.54) is 17.3 Å². The number of benzene rings is 2. The Morgan fingerprint density at radius 1 is 1.12 bits per heavy atom. The van der Waals surface area contributed by atoms with Crippen molar-refractivity contribution in [3.8, 4) is 5.69 Å². The number of carbonyl (C=O) groups is 2. The highest BCUT2D eigenvalue weighted by atomic mass is 32.2. The smallest absolute Gasteiger partial charge is 0.253 e. The molecule has 0 unspecified atom stereocenters. The number of carbonyl (C=O) groups excluding carboxylic acids is 2. The molecule has 1 aliphatic carbocycles. The average molecular weight is 451 g/mol. The Kier molecular flexibility index (Phi) is 7.16. The van der Waals surface area contributed by atoms with Crippen LogP contribution in [0.15, 0.2) is 53.7 Å². The molecule has 32 heavy (non-hydrogen) atoms. The van der Waals surface area contributed by atoms with Crippen LogP contribution in [-0.4, -0.2) is 43.8 Å². The Bertz CT molecular complexity index is 1080. The standard InChI is InChI=1S/C23H26N6O2S/c1-2-3-6-16-9-13-18(14-10-16)29-23(26-27-28-29)32-15-21(30)25-20-8-5-4-7-19(20)22(31)24-17-11-12-17/h4-5,7-10,13-14,17H,2-3,6,11-12,15H2,1H3,(H,24,31)(H,25,30). The van der Waals surface area contributed by atoms with Gasteiger partial charge >= 0.3 is 0 Å². The first-order chi connectivity index (χ1) is 15.6. The maximum atomic E-state index is 12.6. The minimum atomic E-state index is -0.230. The van der Waals surface area contributed by atoms with Gasteiger partial charge in [-0.25, -0.2) is 0 Å². The Hall–Kier alpha value is -3.20. The van der Waals surface area contributed by atoms with E-state index in [2.05, 4.69) is 45.2 Å². The number of para-hydroxylation sites is 1. The molecule has 0 saturated heterocycles. The van der Waals surface area contributed by atoms with Crippen LogP contribution in [-0.2, 0) is 11.2 Å². The maximum absolute atomic E-state index is 12.6. The normalized spacial score (nSPS) is 13.0. The summed E-state index contributed by atoms with van der Waals surface area (Å²) in [6.07, 6.45) is 5.38. The Labute approximate surface area is 191 Å². The van der Waals surface area contributed by atoms with Crippen molar-refractivity contribution in [3.05, 3.63) is 59.7 Å². The third-order valence-corrected chi connectivity index (χ3v) is 6.05. The third kappa shape index (κ3) is 5.73. The van der Waals surface area contributed by atoms with E-state index in [9.17, 15) is 9.59 Å². The van der Waals surface area contributed by atoms with Gasteiger partial charge in [0.15, 0.2) is 0 Å². The molecule has 0 atom stereocenters. The minimum Gasteiger partial charge on any atom is -0.349 e. The molecule has 2 amide bonds. The lowest BCUT2D eigenvalue weighted by atomic mass is 10.1. The van der Waals surface area contributed by atoms with Crippen LogP contribution in [0.1, 0.15) is 48.5 Å². The van der Waals surface area contributed by atoms with Gasteiger partial charge < -0.3 is 10.6 Å². The summed E-state index contributed by atoms with van der Waals surface area (Å²) in [6.45, 7) is 2.18. The van der Waals surface area contributed by atoms with Gasteiger partial charge in [-0.3, -0.25) is 9.59 Å². The zero-order valence-corrected chi connectivity index (χ0v) is 18.8. The van der Waals surface area contributed by atoms with Crippen molar-refractivity contribution in [2.24, 2.45) is 0 Å². The SMILES string of the molecule is CCCCc1ccc(-n2nnnc2SCC(=O)Nc2ccccc2C(=O)NC2CC2)cc1. The molecule has 1 aromatic heterocycles. The maximum Gasteiger partial charge on any atom is 0.253 e. The van der Waals surface area contributed by atoms with E-state index in [0.29, 0.717) is 16.4 Å². The summed E-state index contributed by atoms with van der Waals surface area (Å²) in [5, 5.41) is 18.2. The lowest BCUT2D eigenvalue weighted by Gasteiger charge is -2.11. The summed E-state index contributed by atoms with van der Waals surface area (Å²) in [6, 6.07) is 15.4. The summed E-state index contributed by atoms with van der Waals surface area (Å²) >= 11 is 1.24. The Morgan fingerprint density at radius 2 is 1.91 bits per heavy atom. The number of anilines is 1. The van der Waals surface area contributed by atoms with Gasteiger partial charge in [0.25, 0.3) is 5.91 Å². The molecule has 1 fully saturated rings. The van der Waals surface area contributed by atoms with Crippen LogP contribution >= 0.6 is 11.8 Å². The number of amides is 2. The third-order valence-electron chi connectivity index (χ3n) is 5.13. The molecule has 1 saturated carbocycles. The van der Waals surface area contributed by atoms with Crippen molar-refractivity contribution in [1.82, 2.24) is 25.5 Å². The molecular formula is C23H26N6O2S. The van der Waals surface area contributed by atoms with Crippen LogP contribution in [0.25, 0.3) is 5.69 Å². The summed E-state index contributed by atoms with van der Waals surface area (Å²) in [5.74, 6) is -0.276. The predicted molar refractivity (Wildman–Crippen MR) is 124 cm³/mol. The number of tetrazole rings is 1. The first kappa shape index (κ1) is 22.0. The fourth-order valence-electron chi connectivity index (χ4n) is 3.21. The van der Waals surface area contributed by atoms with Crippen LogP contribution < -0.4 is 10.6 Å². The fourth-order valence-corrected chi connectivity index (χ4v) is 3.90. The van der Waals surface area contributed by atoms with Gasteiger partial charge in [0.2, 0.25) is 11.1 Å².